The van der Waals surface area contributed by atoms with E-state index < -0.39 is 0 Å². The van der Waals surface area contributed by atoms with Crippen LogP contribution in [0.4, 0.5) is 0 Å². The molecule has 16 heavy (non-hydrogen) atoms. The van der Waals surface area contributed by atoms with Crippen LogP contribution < -0.4 is 4.74 Å². The van der Waals surface area contributed by atoms with Crippen LogP contribution in [0.5, 0.6) is 5.75 Å². The first-order valence-corrected chi connectivity index (χ1v) is 5.40. The van der Waals surface area contributed by atoms with E-state index >= 15 is 0 Å². The number of methoxy groups -OCH3 is 1. The van der Waals surface area contributed by atoms with Crippen LogP contribution in [0.1, 0.15) is 13.8 Å². The van der Waals surface area contributed by atoms with E-state index in [0.29, 0.717) is 6.61 Å². The van der Waals surface area contributed by atoms with E-state index in [0.717, 1.165) is 5.75 Å². The molecule has 0 N–H and O–H groups in total. The zero-order chi connectivity index (χ0) is 12.0. The number of hydrogen-bond donors (Lipinski definition) is 0. The van der Waals surface area contributed by atoms with Gasteiger partial charge in [0.15, 0.2) is 0 Å². The van der Waals surface area contributed by atoms with Crippen LogP contribution >= 0.6 is 0 Å². The molecule has 0 amide bonds. The fourth-order valence-electron chi connectivity index (χ4n) is 1.39. The fourth-order valence-corrected chi connectivity index (χ4v) is 1.39. The normalized spacial score (nSPS) is 12.2. The first-order valence-electron chi connectivity index (χ1n) is 5.40. The third kappa shape index (κ3) is 3.57. The van der Waals surface area contributed by atoms with Gasteiger partial charge in [-0.25, -0.2) is 0 Å². The van der Waals surface area contributed by atoms with Crippen LogP contribution in [0.15, 0.2) is 30.3 Å². The van der Waals surface area contributed by atoms with Gasteiger partial charge in [-0.2, -0.15) is 0 Å². The lowest BCUT2D eigenvalue weighted by Crippen LogP contribution is -2.27. The van der Waals surface area contributed by atoms with Crippen molar-refractivity contribution >= 4 is 5.97 Å². The quantitative estimate of drug-likeness (QED) is 0.718. The lowest BCUT2D eigenvalue weighted by atomic mass is 9.97. The molecule has 1 atom stereocenters. The molecule has 0 saturated carbocycles. The summed E-state index contributed by atoms with van der Waals surface area (Å²) in [6.45, 7) is 4.32. The number of hydrogen-bond acceptors (Lipinski definition) is 3. The van der Waals surface area contributed by atoms with E-state index in [1.807, 2.05) is 44.2 Å². The molecule has 3 nitrogen and oxygen atoms in total. The lowest BCUT2D eigenvalue weighted by molar-refractivity contribution is -0.148. The zero-order valence-electron chi connectivity index (χ0n) is 9.97. The van der Waals surface area contributed by atoms with Crippen LogP contribution in [0.25, 0.3) is 0 Å². The number of carbonyl (C=O) groups is 1. The van der Waals surface area contributed by atoms with Crippen LogP contribution in [0.2, 0.25) is 0 Å². The molecule has 1 unspecified atom stereocenters. The monoisotopic (exact) mass is 222 g/mol. The van der Waals surface area contributed by atoms with Gasteiger partial charge in [-0.1, -0.05) is 32.0 Å². The Hall–Kier alpha value is -1.51. The highest BCUT2D eigenvalue weighted by Crippen LogP contribution is 2.16. The van der Waals surface area contributed by atoms with Crippen LogP contribution in [0.3, 0.4) is 0 Å². The van der Waals surface area contributed by atoms with E-state index in [-0.39, 0.29) is 17.8 Å². The van der Waals surface area contributed by atoms with Crippen LogP contribution in [0, 0.1) is 11.8 Å². The number of esters is 1. The van der Waals surface area contributed by atoms with Crippen molar-refractivity contribution in [1.82, 2.24) is 0 Å². The number of para-hydroxylation sites is 1. The Bertz CT molecular complexity index is 319. The predicted molar refractivity (Wildman–Crippen MR) is 62.3 cm³/mol. The van der Waals surface area contributed by atoms with Crippen molar-refractivity contribution in [3.63, 3.8) is 0 Å². The van der Waals surface area contributed by atoms with Gasteiger partial charge in [0.25, 0.3) is 0 Å². The predicted octanol–water partition coefficient (Wildman–Crippen LogP) is 2.51. The van der Waals surface area contributed by atoms with Crippen LogP contribution in [-0.4, -0.2) is 19.7 Å². The molecule has 88 valence electrons. The minimum Gasteiger partial charge on any atom is -0.493 e. The molecule has 0 aliphatic heterocycles. The Morgan fingerprint density at radius 2 is 1.88 bits per heavy atom. The summed E-state index contributed by atoms with van der Waals surface area (Å²) in [5, 5.41) is 0. The molecule has 0 aliphatic rings. The highest BCUT2D eigenvalue weighted by Gasteiger charge is 2.23. The van der Waals surface area contributed by atoms with E-state index in [2.05, 4.69) is 0 Å². The Labute approximate surface area is 96.4 Å². The molecule has 0 saturated heterocycles. The molecular weight excluding hydrogens is 204 g/mol. The average molecular weight is 222 g/mol. The molecular formula is C13H18O3. The first kappa shape index (κ1) is 12.6. The lowest BCUT2D eigenvalue weighted by Gasteiger charge is -2.18. The standard InChI is InChI=1S/C13H18O3/c1-10(2)12(13(14)15-3)9-16-11-7-5-4-6-8-11/h4-8,10,12H,9H2,1-3H3. The summed E-state index contributed by atoms with van der Waals surface area (Å²) in [4.78, 5) is 11.5. The maximum Gasteiger partial charge on any atom is 0.312 e. The van der Waals surface area contributed by atoms with Crippen molar-refractivity contribution in [1.29, 1.82) is 0 Å². The third-order valence-corrected chi connectivity index (χ3v) is 2.48. The molecule has 0 fully saturated rings. The van der Waals surface area contributed by atoms with Crippen molar-refractivity contribution in [3.05, 3.63) is 30.3 Å². The van der Waals surface area contributed by atoms with Crippen molar-refractivity contribution in [2.45, 2.75) is 13.8 Å². The highest BCUT2D eigenvalue weighted by atomic mass is 16.5. The van der Waals surface area contributed by atoms with Crippen molar-refractivity contribution in [3.8, 4) is 5.75 Å². The second kappa shape index (κ2) is 6.16. The number of ether oxygens (including phenoxy) is 2. The topological polar surface area (TPSA) is 35.5 Å². The van der Waals surface area contributed by atoms with Gasteiger partial charge in [-0.15, -0.1) is 0 Å². The molecule has 1 rings (SSSR count). The molecule has 0 aromatic heterocycles. The smallest absolute Gasteiger partial charge is 0.312 e. The molecule has 0 spiro atoms. The van der Waals surface area contributed by atoms with Crippen LogP contribution in [-0.2, 0) is 9.53 Å². The Balaban J connectivity index is 2.54. The average Bonchev–Trinajstić information content (AvgIpc) is 2.30. The number of rotatable bonds is 5. The van der Waals surface area contributed by atoms with Gasteiger partial charge in [-0.05, 0) is 18.1 Å². The first-order chi connectivity index (χ1) is 7.65. The van der Waals surface area contributed by atoms with Crippen molar-refractivity contribution in [2.75, 3.05) is 13.7 Å². The molecule has 1 aromatic rings. The van der Waals surface area contributed by atoms with Crippen molar-refractivity contribution in [2.24, 2.45) is 11.8 Å². The maximum absolute atomic E-state index is 11.5. The summed E-state index contributed by atoms with van der Waals surface area (Å²) in [7, 11) is 1.40. The minimum absolute atomic E-state index is 0.205. The SMILES string of the molecule is COC(=O)C(COc1ccccc1)C(C)C. The second-order valence-electron chi connectivity index (χ2n) is 4.00. The third-order valence-electron chi connectivity index (χ3n) is 2.48. The summed E-state index contributed by atoms with van der Waals surface area (Å²) in [6.07, 6.45) is 0. The molecule has 0 bridgehead atoms. The number of benzene rings is 1. The van der Waals surface area contributed by atoms with Gasteiger partial charge in [-0.3, -0.25) is 4.79 Å². The van der Waals surface area contributed by atoms with Gasteiger partial charge in [0.2, 0.25) is 0 Å². The van der Waals surface area contributed by atoms with Crippen molar-refractivity contribution < 1.29 is 14.3 Å². The molecule has 0 aliphatic carbocycles. The Morgan fingerprint density at radius 1 is 1.25 bits per heavy atom. The van der Waals surface area contributed by atoms with E-state index in [1.54, 1.807) is 0 Å². The molecule has 0 radical (unpaired) electrons. The van der Waals surface area contributed by atoms with Gasteiger partial charge in [0, 0.05) is 0 Å². The van der Waals surface area contributed by atoms with E-state index in [1.165, 1.54) is 7.11 Å². The Kier molecular flexibility index (Phi) is 4.83. The summed E-state index contributed by atoms with van der Waals surface area (Å²) in [5.41, 5.74) is 0. The van der Waals surface area contributed by atoms with Gasteiger partial charge < -0.3 is 9.47 Å². The molecule has 1 aromatic carbocycles. The van der Waals surface area contributed by atoms with E-state index in [4.69, 9.17) is 9.47 Å². The largest absolute Gasteiger partial charge is 0.493 e. The summed E-state index contributed by atoms with van der Waals surface area (Å²) in [5.74, 6) is 0.546. The summed E-state index contributed by atoms with van der Waals surface area (Å²) in [6, 6.07) is 9.46. The highest BCUT2D eigenvalue weighted by molar-refractivity contribution is 5.72. The fraction of sp³-hybridized carbons (Fsp3) is 0.462. The second-order valence-corrected chi connectivity index (χ2v) is 4.00. The zero-order valence-corrected chi connectivity index (χ0v) is 9.97. The van der Waals surface area contributed by atoms with Gasteiger partial charge in [0.1, 0.15) is 12.4 Å². The minimum atomic E-state index is -0.217. The Morgan fingerprint density at radius 3 is 2.38 bits per heavy atom. The van der Waals surface area contributed by atoms with Gasteiger partial charge >= 0.3 is 5.97 Å². The van der Waals surface area contributed by atoms with Gasteiger partial charge in [0.05, 0.1) is 13.0 Å². The summed E-state index contributed by atoms with van der Waals surface area (Å²) < 4.78 is 10.3. The maximum atomic E-state index is 11.5. The van der Waals surface area contributed by atoms with E-state index in [9.17, 15) is 4.79 Å². The number of carbonyl (C=O) groups excluding carboxylic acids is 1. The molecule has 0 heterocycles. The molecule has 3 heteroatoms. The summed E-state index contributed by atoms with van der Waals surface area (Å²) >= 11 is 0.